The van der Waals surface area contributed by atoms with E-state index in [1.54, 1.807) is 12.1 Å². The van der Waals surface area contributed by atoms with Crippen LogP contribution in [0.4, 0.5) is 9.18 Å². The lowest BCUT2D eigenvalue weighted by Crippen LogP contribution is -2.05. The summed E-state index contributed by atoms with van der Waals surface area (Å²) in [7, 11) is 1.23. The molecule has 1 aromatic carbocycles. The van der Waals surface area contributed by atoms with Gasteiger partial charge in [-0.1, -0.05) is 17.4 Å². The van der Waals surface area contributed by atoms with Gasteiger partial charge in [0.05, 0.1) is 7.11 Å². The first-order valence-corrected chi connectivity index (χ1v) is 4.95. The minimum atomic E-state index is -0.776. The van der Waals surface area contributed by atoms with Crippen molar-refractivity contribution in [2.75, 3.05) is 7.11 Å². The summed E-state index contributed by atoms with van der Waals surface area (Å²) in [6.07, 6.45) is -0.776. The number of rotatable bonds is 1. The number of ether oxygens (including phenoxy) is 2. The normalized spacial score (nSPS) is 10.3. The van der Waals surface area contributed by atoms with Gasteiger partial charge in [-0.05, 0) is 17.5 Å². The van der Waals surface area contributed by atoms with Crippen LogP contribution in [0.2, 0.25) is 0 Å². The predicted octanol–water partition coefficient (Wildman–Crippen LogP) is 3.19. The molecule has 1 heterocycles. The number of methoxy groups -OCH3 is 1. The molecule has 0 aliphatic heterocycles. The Labute approximate surface area is 89.0 Å². The molecule has 0 fully saturated rings. The number of thiophene rings is 1. The van der Waals surface area contributed by atoms with Crippen LogP contribution in [0.3, 0.4) is 0 Å². The van der Waals surface area contributed by atoms with Gasteiger partial charge >= 0.3 is 6.16 Å². The van der Waals surface area contributed by atoms with Crippen LogP contribution in [0.15, 0.2) is 24.3 Å². The van der Waals surface area contributed by atoms with Crippen molar-refractivity contribution >= 4 is 27.6 Å². The SMILES string of the molecule is COC(=O)Oc1cc2ccc(F)cc2s1. The van der Waals surface area contributed by atoms with E-state index in [4.69, 9.17) is 4.74 Å². The van der Waals surface area contributed by atoms with Gasteiger partial charge in [-0.2, -0.15) is 0 Å². The molecule has 0 radical (unpaired) electrons. The largest absolute Gasteiger partial charge is 0.514 e. The fourth-order valence-corrected chi connectivity index (χ4v) is 2.08. The van der Waals surface area contributed by atoms with Gasteiger partial charge in [-0.3, -0.25) is 0 Å². The third-order valence-corrected chi connectivity index (χ3v) is 2.79. The Morgan fingerprint density at radius 3 is 2.93 bits per heavy atom. The molecular formula is C10H7FO3S. The average molecular weight is 226 g/mol. The minimum absolute atomic E-state index is 0.311. The van der Waals surface area contributed by atoms with E-state index in [1.165, 1.54) is 30.6 Å². The van der Waals surface area contributed by atoms with Crippen molar-refractivity contribution in [2.24, 2.45) is 0 Å². The summed E-state index contributed by atoms with van der Waals surface area (Å²) in [6, 6.07) is 6.04. The topological polar surface area (TPSA) is 35.5 Å². The Morgan fingerprint density at radius 1 is 1.40 bits per heavy atom. The highest BCUT2D eigenvalue weighted by Crippen LogP contribution is 2.32. The molecule has 0 bridgehead atoms. The number of fused-ring (bicyclic) bond motifs is 1. The van der Waals surface area contributed by atoms with E-state index in [0.717, 1.165) is 10.1 Å². The highest BCUT2D eigenvalue weighted by atomic mass is 32.1. The van der Waals surface area contributed by atoms with E-state index in [-0.39, 0.29) is 5.82 Å². The first-order valence-electron chi connectivity index (χ1n) is 4.14. The fourth-order valence-electron chi connectivity index (χ4n) is 1.15. The monoisotopic (exact) mass is 226 g/mol. The number of hydrogen-bond acceptors (Lipinski definition) is 4. The summed E-state index contributed by atoms with van der Waals surface area (Å²) in [6.45, 7) is 0. The van der Waals surface area contributed by atoms with E-state index < -0.39 is 6.16 Å². The predicted molar refractivity (Wildman–Crippen MR) is 54.8 cm³/mol. The molecule has 0 aliphatic carbocycles. The molecule has 2 rings (SSSR count). The van der Waals surface area contributed by atoms with Crippen molar-refractivity contribution < 1.29 is 18.7 Å². The highest BCUT2D eigenvalue weighted by Gasteiger charge is 2.08. The second kappa shape index (κ2) is 3.86. The lowest BCUT2D eigenvalue weighted by Gasteiger charge is -1.96. The maximum Gasteiger partial charge on any atom is 0.514 e. The summed E-state index contributed by atoms with van der Waals surface area (Å²) in [4.78, 5) is 10.8. The molecule has 0 saturated carbocycles. The zero-order valence-corrected chi connectivity index (χ0v) is 8.64. The second-order valence-electron chi connectivity index (χ2n) is 2.80. The van der Waals surface area contributed by atoms with E-state index in [1.807, 2.05) is 0 Å². The number of halogens is 1. The molecule has 15 heavy (non-hydrogen) atoms. The van der Waals surface area contributed by atoms with Gasteiger partial charge in [0.2, 0.25) is 0 Å². The molecule has 0 aliphatic rings. The maximum atomic E-state index is 12.8. The van der Waals surface area contributed by atoms with E-state index >= 15 is 0 Å². The Kier molecular flexibility index (Phi) is 2.55. The lowest BCUT2D eigenvalue weighted by molar-refractivity contribution is 0.123. The van der Waals surface area contributed by atoms with Crippen LogP contribution in [0, 0.1) is 5.82 Å². The van der Waals surface area contributed by atoms with Crippen LogP contribution in [-0.2, 0) is 4.74 Å². The molecule has 0 amide bonds. The van der Waals surface area contributed by atoms with Crippen molar-refractivity contribution in [3.05, 3.63) is 30.1 Å². The van der Waals surface area contributed by atoms with Crippen LogP contribution < -0.4 is 4.74 Å². The molecule has 0 N–H and O–H groups in total. The molecular weight excluding hydrogens is 219 g/mol. The summed E-state index contributed by atoms with van der Waals surface area (Å²) in [5.74, 6) is -0.311. The summed E-state index contributed by atoms with van der Waals surface area (Å²) in [5.41, 5.74) is 0. The van der Waals surface area contributed by atoms with Crippen LogP contribution in [-0.4, -0.2) is 13.3 Å². The molecule has 0 atom stereocenters. The van der Waals surface area contributed by atoms with Crippen molar-refractivity contribution in [1.82, 2.24) is 0 Å². The van der Waals surface area contributed by atoms with Gasteiger partial charge in [0, 0.05) is 10.8 Å². The molecule has 78 valence electrons. The molecule has 2 aromatic rings. The van der Waals surface area contributed by atoms with E-state index in [0.29, 0.717) is 5.06 Å². The van der Waals surface area contributed by atoms with Gasteiger partial charge in [0.15, 0.2) is 5.06 Å². The van der Waals surface area contributed by atoms with Crippen molar-refractivity contribution in [1.29, 1.82) is 0 Å². The van der Waals surface area contributed by atoms with Crippen LogP contribution in [0.1, 0.15) is 0 Å². The molecule has 0 spiro atoms. The first kappa shape index (κ1) is 9.92. The van der Waals surface area contributed by atoms with Gasteiger partial charge in [-0.25, -0.2) is 9.18 Å². The van der Waals surface area contributed by atoms with Crippen molar-refractivity contribution in [2.45, 2.75) is 0 Å². The molecule has 5 heteroatoms. The number of hydrogen-bond donors (Lipinski definition) is 0. The van der Waals surface area contributed by atoms with Crippen LogP contribution >= 0.6 is 11.3 Å². The first-order chi connectivity index (χ1) is 7.19. The smallest absolute Gasteiger partial charge is 0.437 e. The molecule has 1 aromatic heterocycles. The number of benzene rings is 1. The maximum absolute atomic E-state index is 12.8. The molecule has 0 saturated heterocycles. The standard InChI is InChI=1S/C10H7FO3S/c1-13-10(12)14-9-4-6-2-3-7(11)5-8(6)15-9/h2-5H,1H3. The summed E-state index contributed by atoms with van der Waals surface area (Å²) >= 11 is 1.19. The Bertz CT molecular complexity index is 506. The van der Waals surface area contributed by atoms with Gasteiger partial charge < -0.3 is 9.47 Å². The Hall–Kier alpha value is -1.62. The molecule has 0 unspecified atom stereocenters. The van der Waals surface area contributed by atoms with Crippen LogP contribution in [0.25, 0.3) is 10.1 Å². The average Bonchev–Trinajstić information content (AvgIpc) is 2.59. The lowest BCUT2D eigenvalue weighted by atomic mass is 10.3. The summed E-state index contributed by atoms with van der Waals surface area (Å²) < 4.78 is 22.7. The fraction of sp³-hybridized carbons (Fsp3) is 0.100. The molecule has 3 nitrogen and oxygen atoms in total. The third-order valence-electron chi connectivity index (χ3n) is 1.81. The van der Waals surface area contributed by atoms with Crippen molar-refractivity contribution in [3.63, 3.8) is 0 Å². The van der Waals surface area contributed by atoms with Gasteiger partial charge in [0.25, 0.3) is 0 Å². The van der Waals surface area contributed by atoms with E-state index in [2.05, 4.69) is 4.74 Å². The minimum Gasteiger partial charge on any atom is -0.437 e. The number of carbonyl (C=O) groups is 1. The second-order valence-corrected chi connectivity index (χ2v) is 3.85. The third kappa shape index (κ3) is 2.07. The van der Waals surface area contributed by atoms with Crippen LogP contribution in [0.5, 0.6) is 5.06 Å². The van der Waals surface area contributed by atoms with Gasteiger partial charge in [0.1, 0.15) is 5.82 Å². The van der Waals surface area contributed by atoms with Crippen molar-refractivity contribution in [3.8, 4) is 5.06 Å². The highest BCUT2D eigenvalue weighted by molar-refractivity contribution is 7.20. The number of carbonyl (C=O) groups excluding carboxylic acids is 1. The Balaban J connectivity index is 2.34. The zero-order chi connectivity index (χ0) is 10.8. The Morgan fingerprint density at radius 2 is 2.20 bits per heavy atom. The zero-order valence-electron chi connectivity index (χ0n) is 7.82. The van der Waals surface area contributed by atoms with E-state index in [9.17, 15) is 9.18 Å². The van der Waals surface area contributed by atoms with Gasteiger partial charge in [-0.15, -0.1) is 0 Å². The quantitative estimate of drug-likeness (QED) is 0.700. The summed E-state index contributed by atoms with van der Waals surface area (Å²) in [5, 5.41) is 1.22.